The molecule has 0 atom stereocenters. The van der Waals surface area contributed by atoms with Crippen LogP contribution < -0.4 is 10.1 Å². The number of nitrogens with zero attached hydrogens (tertiary/aromatic N) is 2. The third-order valence-corrected chi connectivity index (χ3v) is 3.34. The highest BCUT2D eigenvalue weighted by Gasteiger charge is 2.08. The Morgan fingerprint density at radius 3 is 2.58 bits per heavy atom. The molecule has 0 saturated carbocycles. The number of carbonyl (C=O) groups is 1. The van der Waals surface area contributed by atoms with Gasteiger partial charge in [0.1, 0.15) is 17.4 Å². The van der Waals surface area contributed by atoms with Gasteiger partial charge in [-0.1, -0.05) is 30.3 Å². The van der Waals surface area contributed by atoms with E-state index in [1.165, 1.54) is 24.3 Å². The van der Waals surface area contributed by atoms with Gasteiger partial charge >= 0.3 is 0 Å². The van der Waals surface area contributed by atoms with Gasteiger partial charge in [0.15, 0.2) is 6.61 Å². The summed E-state index contributed by atoms with van der Waals surface area (Å²) >= 11 is 0. The fourth-order valence-corrected chi connectivity index (χ4v) is 2.18. The maximum absolute atomic E-state index is 12.8. The molecule has 3 aromatic rings. The van der Waals surface area contributed by atoms with Crippen molar-refractivity contribution in [3.05, 3.63) is 78.2 Å². The van der Waals surface area contributed by atoms with Crippen molar-refractivity contribution < 1.29 is 13.9 Å². The summed E-state index contributed by atoms with van der Waals surface area (Å²) in [6.07, 6.45) is 1.62. The highest BCUT2D eigenvalue weighted by molar-refractivity contribution is 5.91. The molecule has 0 aliphatic rings. The zero-order valence-electron chi connectivity index (χ0n) is 12.9. The Bertz CT molecular complexity index is 801. The number of hydrogen-bond donors (Lipinski definition) is 1. The molecule has 0 bridgehead atoms. The first-order chi connectivity index (χ1) is 11.7. The minimum Gasteiger partial charge on any atom is -0.484 e. The van der Waals surface area contributed by atoms with Gasteiger partial charge in [0.05, 0.1) is 12.7 Å². The highest BCUT2D eigenvalue weighted by Crippen LogP contribution is 2.12. The molecule has 1 aromatic heterocycles. The van der Waals surface area contributed by atoms with Crippen molar-refractivity contribution in [2.45, 2.75) is 6.54 Å². The minimum atomic E-state index is -0.350. The zero-order chi connectivity index (χ0) is 16.8. The lowest BCUT2D eigenvalue weighted by atomic mass is 10.2. The van der Waals surface area contributed by atoms with E-state index in [1.807, 2.05) is 30.3 Å². The second kappa shape index (κ2) is 7.41. The molecule has 1 N–H and O–H groups in total. The monoisotopic (exact) mass is 325 g/mol. The van der Waals surface area contributed by atoms with E-state index in [9.17, 15) is 9.18 Å². The summed E-state index contributed by atoms with van der Waals surface area (Å²) in [5, 5.41) is 6.97. The molecule has 0 spiro atoms. The summed E-state index contributed by atoms with van der Waals surface area (Å²) in [6.45, 7) is 0.393. The van der Waals surface area contributed by atoms with Crippen LogP contribution in [0.25, 0.3) is 0 Å². The number of aromatic nitrogens is 2. The summed E-state index contributed by atoms with van der Waals surface area (Å²) in [7, 11) is 0. The fraction of sp³-hybridized carbons (Fsp3) is 0.111. The molecular weight excluding hydrogens is 309 g/mol. The molecule has 24 heavy (non-hydrogen) atoms. The van der Waals surface area contributed by atoms with Crippen LogP contribution in [-0.2, 0) is 11.3 Å². The topological polar surface area (TPSA) is 56.1 Å². The smallest absolute Gasteiger partial charge is 0.263 e. The molecule has 0 unspecified atom stereocenters. The number of carbonyl (C=O) groups excluding carboxylic acids is 1. The first kappa shape index (κ1) is 15.7. The summed E-state index contributed by atoms with van der Waals surface area (Å²) in [6, 6.07) is 17.1. The van der Waals surface area contributed by atoms with Crippen molar-refractivity contribution in [1.29, 1.82) is 0 Å². The van der Waals surface area contributed by atoms with E-state index in [2.05, 4.69) is 10.4 Å². The molecule has 3 rings (SSSR count). The maximum atomic E-state index is 12.8. The Kier molecular flexibility index (Phi) is 4.86. The van der Waals surface area contributed by atoms with E-state index in [4.69, 9.17) is 4.74 Å². The predicted molar refractivity (Wildman–Crippen MR) is 88.3 cm³/mol. The van der Waals surface area contributed by atoms with Gasteiger partial charge in [-0.3, -0.25) is 4.79 Å². The lowest BCUT2D eigenvalue weighted by Gasteiger charge is -2.10. The molecule has 1 amide bonds. The molecule has 1 heterocycles. The van der Waals surface area contributed by atoms with Crippen LogP contribution >= 0.6 is 0 Å². The molecule has 0 aliphatic carbocycles. The number of amides is 1. The molecule has 0 aliphatic heterocycles. The van der Waals surface area contributed by atoms with Gasteiger partial charge in [-0.15, -0.1) is 0 Å². The Morgan fingerprint density at radius 1 is 1.08 bits per heavy atom. The minimum absolute atomic E-state index is 0.165. The molecule has 0 radical (unpaired) electrons. The number of rotatable bonds is 6. The molecular formula is C18H16FN3O2. The van der Waals surface area contributed by atoms with Crippen molar-refractivity contribution in [3.8, 4) is 5.75 Å². The molecule has 2 aromatic carbocycles. The SMILES string of the molecule is O=C(COc1ccc(F)cc1)Nc1ccnn1Cc1ccccc1. The van der Waals surface area contributed by atoms with Crippen molar-refractivity contribution >= 4 is 11.7 Å². The average Bonchev–Trinajstić information content (AvgIpc) is 3.02. The Labute approximate surface area is 138 Å². The number of halogens is 1. The Hall–Kier alpha value is -3.15. The summed E-state index contributed by atoms with van der Waals surface area (Å²) in [5.41, 5.74) is 1.08. The van der Waals surface area contributed by atoms with E-state index < -0.39 is 0 Å². The van der Waals surface area contributed by atoms with E-state index in [-0.39, 0.29) is 18.3 Å². The average molecular weight is 325 g/mol. The largest absolute Gasteiger partial charge is 0.484 e. The third-order valence-electron chi connectivity index (χ3n) is 3.34. The standard InChI is InChI=1S/C18H16FN3O2/c19-15-6-8-16(9-7-15)24-13-18(23)21-17-10-11-20-22(17)12-14-4-2-1-3-5-14/h1-11H,12-13H2,(H,21,23). The van der Waals surface area contributed by atoms with Crippen molar-refractivity contribution in [2.75, 3.05) is 11.9 Å². The van der Waals surface area contributed by atoms with Gasteiger partial charge in [0, 0.05) is 6.07 Å². The molecule has 5 nitrogen and oxygen atoms in total. The molecule has 122 valence electrons. The van der Waals surface area contributed by atoms with Gasteiger partial charge in [-0.05, 0) is 29.8 Å². The van der Waals surface area contributed by atoms with E-state index in [0.717, 1.165) is 5.56 Å². The number of benzene rings is 2. The summed E-state index contributed by atoms with van der Waals surface area (Å²) in [5.74, 6) is 0.363. The van der Waals surface area contributed by atoms with Crippen LogP contribution in [0, 0.1) is 5.82 Å². The fourth-order valence-electron chi connectivity index (χ4n) is 2.18. The Morgan fingerprint density at radius 2 is 1.83 bits per heavy atom. The van der Waals surface area contributed by atoms with Gasteiger partial charge in [-0.25, -0.2) is 9.07 Å². The quantitative estimate of drug-likeness (QED) is 0.758. The molecule has 0 saturated heterocycles. The number of ether oxygens (including phenoxy) is 1. The van der Waals surface area contributed by atoms with Crippen LogP contribution in [0.4, 0.5) is 10.2 Å². The number of nitrogens with one attached hydrogen (secondary N) is 1. The molecule has 0 fully saturated rings. The van der Waals surface area contributed by atoms with Crippen LogP contribution in [0.1, 0.15) is 5.56 Å². The van der Waals surface area contributed by atoms with Crippen molar-refractivity contribution in [2.24, 2.45) is 0 Å². The lowest BCUT2D eigenvalue weighted by molar-refractivity contribution is -0.118. The van der Waals surface area contributed by atoms with Crippen LogP contribution in [0.3, 0.4) is 0 Å². The van der Waals surface area contributed by atoms with Crippen LogP contribution in [0.5, 0.6) is 5.75 Å². The number of anilines is 1. The third kappa shape index (κ3) is 4.19. The highest BCUT2D eigenvalue weighted by atomic mass is 19.1. The van der Waals surface area contributed by atoms with Gasteiger partial charge in [0.2, 0.25) is 0 Å². The predicted octanol–water partition coefficient (Wildman–Crippen LogP) is 3.09. The number of hydrogen-bond acceptors (Lipinski definition) is 3. The normalized spacial score (nSPS) is 10.4. The second-order valence-electron chi connectivity index (χ2n) is 5.15. The van der Waals surface area contributed by atoms with Crippen LogP contribution in [0.2, 0.25) is 0 Å². The maximum Gasteiger partial charge on any atom is 0.263 e. The summed E-state index contributed by atoms with van der Waals surface area (Å²) < 4.78 is 19.8. The van der Waals surface area contributed by atoms with Crippen molar-refractivity contribution in [1.82, 2.24) is 9.78 Å². The van der Waals surface area contributed by atoms with Crippen LogP contribution in [-0.4, -0.2) is 22.3 Å². The van der Waals surface area contributed by atoms with E-state index >= 15 is 0 Å². The first-order valence-electron chi connectivity index (χ1n) is 7.45. The first-order valence-corrected chi connectivity index (χ1v) is 7.45. The van der Waals surface area contributed by atoms with Gasteiger partial charge in [-0.2, -0.15) is 5.10 Å². The van der Waals surface area contributed by atoms with Crippen LogP contribution in [0.15, 0.2) is 66.9 Å². The Balaban J connectivity index is 1.57. The van der Waals surface area contributed by atoms with E-state index in [0.29, 0.717) is 18.1 Å². The van der Waals surface area contributed by atoms with E-state index in [1.54, 1.807) is 16.9 Å². The van der Waals surface area contributed by atoms with Crippen molar-refractivity contribution in [3.63, 3.8) is 0 Å². The second-order valence-corrected chi connectivity index (χ2v) is 5.15. The molecule has 6 heteroatoms. The summed E-state index contributed by atoms with van der Waals surface area (Å²) in [4.78, 5) is 12.0. The lowest BCUT2D eigenvalue weighted by Crippen LogP contribution is -2.22. The van der Waals surface area contributed by atoms with Gasteiger partial charge < -0.3 is 10.1 Å². The van der Waals surface area contributed by atoms with Gasteiger partial charge in [0.25, 0.3) is 5.91 Å². The zero-order valence-corrected chi connectivity index (χ0v) is 12.9.